The lowest BCUT2D eigenvalue weighted by Crippen LogP contribution is -2.51. The van der Waals surface area contributed by atoms with Gasteiger partial charge in [-0.25, -0.2) is 13.8 Å². The van der Waals surface area contributed by atoms with Crippen molar-refractivity contribution in [1.29, 1.82) is 5.41 Å². The van der Waals surface area contributed by atoms with E-state index in [1.807, 2.05) is 0 Å². The van der Waals surface area contributed by atoms with Crippen molar-refractivity contribution in [2.24, 2.45) is 10.9 Å². The van der Waals surface area contributed by atoms with Gasteiger partial charge in [0.2, 0.25) is 0 Å². The number of nitrogens with zero attached hydrogens (tertiary/aromatic N) is 3. The van der Waals surface area contributed by atoms with Gasteiger partial charge < -0.3 is 31.4 Å². The van der Waals surface area contributed by atoms with Crippen LogP contribution >= 0.6 is 11.3 Å². The zero-order chi connectivity index (χ0) is 24.1. The highest BCUT2D eigenvalue weighted by Gasteiger charge is 2.28. The van der Waals surface area contributed by atoms with E-state index in [4.69, 9.17) is 20.9 Å². The van der Waals surface area contributed by atoms with Gasteiger partial charge in [0.1, 0.15) is 33.5 Å². The number of hydrogen-bond donors (Lipinski definition) is 4. The van der Waals surface area contributed by atoms with Crippen molar-refractivity contribution < 1.29 is 18.3 Å². The van der Waals surface area contributed by atoms with Crippen molar-refractivity contribution in [3.05, 3.63) is 35.5 Å². The second-order valence-electron chi connectivity index (χ2n) is 8.14. The van der Waals surface area contributed by atoms with E-state index in [0.717, 1.165) is 55.7 Å². The quantitative estimate of drug-likeness (QED) is 0.345. The highest BCUT2D eigenvalue weighted by Crippen LogP contribution is 2.33. The fraction of sp³-hybridized carbons (Fsp3) is 0.455. The Bertz CT molecular complexity index is 1050. The largest absolute Gasteiger partial charge is 0.389 e. The summed E-state index contributed by atoms with van der Waals surface area (Å²) in [7, 11) is 0. The number of hydrogen-bond acceptors (Lipinski definition) is 8. The monoisotopic (exact) mass is 491 g/mol. The molecule has 0 saturated carbocycles. The second kappa shape index (κ2) is 11.0. The number of amides is 1. The molecule has 1 unspecified atom stereocenters. The average molecular weight is 492 g/mol. The van der Waals surface area contributed by atoms with Crippen LogP contribution in [0.1, 0.15) is 16.9 Å². The third kappa shape index (κ3) is 5.40. The van der Waals surface area contributed by atoms with Gasteiger partial charge in [0.15, 0.2) is 5.69 Å². The molecule has 1 atom stereocenters. The maximum absolute atomic E-state index is 14.2. The number of carbonyl (C=O) groups excluding carboxylic acids is 1. The molecule has 5 N–H and O–H groups in total. The molecular weight excluding hydrogens is 464 g/mol. The van der Waals surface area contributed by atoms with E-state index >= 15 is 0 Å². The normalized spacial score (nSPS) is 18.2. The Kier molecular flexibility index (Phi) is 7.80. The molecule has 1 aromatic heterocycles. The third-order valence-electron chi connectivity index (χ3n) is 5.66. The Morgan fingerprint density at radius 2 is 2.15 bits per heavy atom. The number of aliphatic imine (C=N–C) groups is 1. The molecular formula is C22H27F2N7O2S. The molecule has 12 heteroatoms. The maximum atomic E-state index is 14.2. The first-order valence-corrected chi connectivity index (χ1v) is 11.9. The van der Waals surface area contributed by atoms with Gasteiger partial charge in [-0.3, -0.25) is 9.79 Å². The topological polar surface area (TPSA) is 129 Å². The van der Waals surface area contributed by atoms with Crippen molar-refractivity contribution in [1.82, 2.24) is 20.5 Å². The summed E-state index contributed by atoms with van der Waals surface area (Å²) in [6.45, 7) is 4.90. The summed E-state index contributed by atoms with van der Waals surface area (Å²) in [6, 6.07) is 2.68. The summed E-state index contributed by atoms with van der Waals surface area (Å²) in [5, 5.41) is 14.1. The minimum absolute atomic E-state index is 0.0258. The molecule has 0 bridgehead atoms. The van der Waals surface area contributed by atoms with Crippen LogP contribution in [-0.4, -0.2) is 79.8 Å². The number of nitrogens with one attached hydrogen (secondary N) is 3. The molecule has 2 aliphatic heterocycles. The molecule has 2 fully saturated rings. The molecule has 0 aliphatic carbocycles. The van der Waals surface area contributed by atoms with Gasteiger partial charge in [0.05, 0.1) is 18.8 Å². The number of nitrogens with two attached hydrogens (primary N) is 1. The Hall–Kier alpha value is -2.96. The van der Waals surface area contributed by atoms with E-state index in [0.29, 0.717) is 38.1 Å². The molecule has 34 heavy (non-hydrogen) atoms. The minimum atomic E-state index is -0.804. The predicted octanol–water partition coefficient (Wildman–Crippen LogP) is 1.76. The number of aromatic nitrogens is 1. The fourth-order valence-corrected chi connectivity index (χ4v) is 4.65. The highest BCUT2D eigenvalue weighted by atomic mass is 32.1. The predicted molar refractivity (Wildman–Crippen MR) is 128 cm³/mol. The number of carbonyl (C=O) groups is 1. The van der Waals surface area contributed by atoms with Crippen molar-refractivity contribution in [3.63, 3.8) is 0 Å². The van der Waals surface area contributed by atoms with Crippen molar-refractivity contribution in [2.75, 3.05) is 51.7 Å². The highest BCUT2D eigenvalue weighted by molar-refractivity contribution is 7.19. The Morgan fingerprint density at radius 1 is 1.38 bits per heavy atom. The number of benzene rings is 1. The first kappa shape index (κ1) is 24.2. The molecule has 2 aromatic rings. The van der Waals surface area contributed by atoms with Crippen LogP contribution in [0.25, 0.3) is 10.6 Å². The van der Waals surface area contributed by atoms with E-state index < -0.39 is 23.6 Å². The van der Waals surface area contributed by atoms with E-state index in [1.54, 1.807) is 0 Å². The molecule has 2 saturated heterocycles. The number of ether oxygens (including phenoxy) is 1. The first-order chi connectivity index (χ1) is 16.5. The van der Waals surface area contributed by atoms with Crippen molar-refractivity contribution >= 4 is 34.3 Å². The summed E-state index contributed by atoms with van der Waals surface area (Å²) in [6.07, 6.45) is 2.02. The Morgan fingerprint density at radius 3 is 2.82 bits per heavy atom. The standard InChI is InChI=1S/C22H27F2N7O2S/c23-14-3-1-4-15(24)17(14)22-30-18(19(26)34-22)21(32)29-16(9-25)20(28-10-13-11-33-12-13)31-7-2-5-27-6-8-31/h1,3-4,9,13,16,25,27H,2,5-8,10-12,26H2,(H,29,32). The molecule has 9 nitrogen and oxygen atoms in total. The number of nitrogen functional groups attached to an aromatic ring is 1. The number of thiazole rings is 1. The van der Waals surface area contributed by atoms with Crippen LogP contribution in [0, 0.1) is 23.0 Å². The van der Waals surface area contributed by atoms with Crippen LogP contribution in [0.5, 0.6) is 0 Å². The van der Waals surface area contributed by atoms with E-state index in [1.165, 1.54) is 6.07 Å². The smallest absolute Gasteiger partial charge is 0.273 e. The number of anilines is 1. The van der Waals surface area contributed by atoms with Gasteiger partial charge in [0, 0.05) is 38.3 Å². The first-order valence-electron chi connectivity index (χ1n) is 11.1. The number of rotatable bonds is 7. The minimum Gasteiger partial charge on any atom is -0.389 e. The van der Waals surface area contributed by atoms with Crippen LogP contribution in [0.4, 0.5) is 13.8 Å². The summed E-state index contributed by atoms with van der Waals surface area (Å²) in [4.78, 5) is 24.0. The molecule has 4 rings (SSSR count). The summed E-state index contributed by atoms with van der Waals surface area (Å²) in [5.74, 6) is -1.31. The molecule has 1 aromatic carbocycles. The molecule has 2 aliphatic rings. The van der Waals surface area contributed by atoms with Crippen LogP contribution in [0.3, 0.4) is 0 Å². The SMILES string of the molecule is N=CC(NC(=O)c1nc(-c2c(F)cccc2F)sc1N)C(=NCC1COC1)N1CCCNCC1. The van der Waals surface area contributed by atoms with Crippen LogP contribution in [-0.2, 0) is 4.74 Å². The Balaban J connectivity index is 1.56. The van der Waals surface area contributed by atoms with Crippen LogP contribution in [0.2, 0.25) is 0 Å². The molecule has 1 amide bonds. The van der Waals surface area contributed by atoms with Crippen molar-refractivity contribution in [2.45, 2.75) is 12.5 Å². The zero-order valence-electron chi connectivity index (χ0n) is 18.5. The molecule has 0 spiro atoms. The lowest BCUT2D eigenvalue weighted by atomic mass is 10.1. The summed E-state index contributed by atoms with van der Waals surface area (Å²) < 4.78 is 33.6. The summed E-state index contributed by atoms with van der Waals surface area (Å²) >= 11 is 0.829. The maximum Gasteiger partial charge on any atom is 0.273 e. The van der Waals surface area contributed by atoms with Gasteiger partial charge in [-0.15, -0.1) is 0 Å². The third-order valence-corrected chi connectivity index (χ3v) is 6.56. The summed E-state index contributed by atoms with van der Waals surface area (Å²) in [5.41, 5.74) is 5.52. The molecule has 3 heterocycles. The number of halogens is 2. The Labute approximate surface area is 199 Å². The lowest BCUT2D eigenvalue weighted by molar-refractivity contribution is -0.0266. The fourth-order valence-electron chi connectivity index (χ4n) is 3.78. The van der Waals surface area contributed by atoms with Crippen LogP contribution in [0.15, 0.2) is 23.2 Å². The van der Waals surface area contributed by atoms with E-state index in [2.05, 4.69) is 20.5 Å². The lowest BCUT2D eigenvalue weighted by Gasteiger charge is -2.30. The van der Waals surface area contributed by atoms with E-state index in [9.17, 15) is 13.6 Å². The van der Waals surface area contributed by atoms with Gasteiger partial charge in [-0.05, 0) is 25.1 Å². The van der Waals surface area contributed by atoms with Gasteiger partial charge in [0.25, 0.3) is 5.91 Å². The van der Waals surface area contributed by atoms with Gasteiger partial charge >= 0.3 is 0 Å². The van der Waals surface area contributed by atoms with Crippen molar-refractivity contribution in [3.8, 4) is 10.6 Å². The second-order valence-corrected chi connectivity index (χ2v) is 9.17. The van der Waals surface area contributed by atoms with Crippen LogP contribution < -0.4 is 16.4 Å². The average Bonchev–Trinajstić information content (AvgIpc) is 2.97. The van der Waals surface area contributed by atoms with Gasteiger partial charge in [-0.1, -0.05) is 17.4 Å². The van der Waals surface area contributed by atoms with Gasteiger partial charge in [-0.2, -0.15) is 0 Å². The van der Waals surface area contributed by atoms with E-state index in [-0.39, 0.29) is 21.3 Å². The zero-order valence-corrected chi connectivity index (χ0v) is 19.3. The number of amidine groups is 1. The molecule has 0 radical (unpaired) electrons. The molecule has 182 valence electrons.